The van der Waals surface area contributed by atoms with Crippen LogP contribution in [0.4, 0.5) is 22.0 Å². The Morgan fingerprint density at radius 3 is 2.56 bits per heavy atom. The molecule has 8 nitrogen and oxygen atoms in total. The van der Waals surface area contributed by atoms with E-state index in [1.54, 1.807) is 6.92 Å². The van der Waals surface area contributed by atoms with Crippen molar-refractivity contribution in [3.8, 4) is 17.4 Å². The third kappa shape index (κ3) is 5.24. The largest absolute Gasteiger partial charge is 0.484 e. The molecule has 0 saturated heterocycles. The highest BCUT2D eigenvalue weighted by molar-refractivity contribution is 7.90. The predicted octanol–water partition coefficient (Wildman–Crippen LogP) is 4.56. The lowest BCUT2D eigenvalue weighted by atomic mass is 10.3. The zero-order valence-electron chi connectivity index (χ0n) is 16.3. The Hall–Kier alpha value is -2.58. The molecule has 3 heterocycles. The standard InChI is InChI=1S/C17H14ClF5N4O4S/c1-3-30-32-31-15-13(25-11-5-4-9(7-26(11)15)17(21,22)23)27-14(28)12(18)10(6-24-27)29-8-16(2,19)20/h4-7H,3,8H2,1-2H3. The molecule has 0 aliphatic heterocycles. The van der Waals surface area contributed by atoms with Crippen LogP contribution in [0.5, 0.6) is 11.6 Å². The summed E-state index contributed by atoms with van der Waals surface area (Å²) in [5.41, 5.74) is -2.02. The van der Waals surface area contributed by atoms with Crippen LogP contribution < -0.4 is 14.5 Å². The average Bonchev–Trinajstić information content (AvgIpc) is 3.05. The lowest BCUT2D eigenvalue weighted by Gasteiger charge is -2.13. The van der Waals surface area contributed by atoms with Crippen molar-refractivity contribution in [3.63, 3.8) is 0 Å². The van der Waals surface area contributed by atoms with Gasteiger partial charge in [0.1, 0.15) is 5.65 Å². The van der Waals surface area contributed by atoms with Gasteiger partial charge in [0, 0.05) is 13.1 Å². The van der Waals surface area contributed by atoms with Crippen LogP contribution in [-0.2, 0) is 10.4 Å². The lowest BCUT2D eigenvalue weighted by Crippen LogP contribution is -2.25. The van der Waals surface area contributed by atoms with E-state index in [0.29, 0.717) is 23.9 Å². The van der Waals surface area contributed by atoms with E-state index in [0.717, 1.165) is 28.9 Å². The number of rotatable bonds is 8. The molecule has 0 N–H and O–H groups in total. The maximum absolute atomic E-state index is 13.1. The molecular formula is C17H14ClF5N4O4S. The van der Waals surface area contributed by atoms with Crippen molar-refractivity contribution in [1.29, 1.82) is 0 Å². The summed E-state index contributed by atoms with van der Waals surface area (Å²) in [6.45, 7) is 1.42. The van der Waals surface area contributed by atoms with Gasteiger partial charge in [-0.05, 0) is 19.1 Å². The molecule has 0 fully saturated rings. The minimum atomic E-state index is -4.65. The fraction of sp³-hybridized carbons (Fsp3) is 0.353. The number of halogens is 6. The molecule has 174 valence electrons. The van der Waals surface area contributed by atoms with Crippen LogP contribution in [-0.4, -0.2) is 38.3 Å². The second-order valence-electron chi connectivity index (χ2n) is 6.34. The number of hydrogen-bond acceptors (Lipinski definition) is 7. The molecule has 0 bridgehead atoms. The van der Waals surface area contributed by atoms with E-state index >= 15 is 0 Å². The summed E-state index contributed by atoms with van der Waals surface area (Å²) in [7, 11) is 0. The van der Waals surface area contributed by atoms with Crippen LogP contribution >= 0.6 is 23.9 Å². The minimum absolute atomic E-state index is 0.00382. The van der Waals surface area contributed by atoms with Crippen molar-refractivity contribution in [3.05, 3.63) is 45.5 Å². The smallest absolute Gasteiger partial charge is 0.417 e. The summed E-state index contributed by atoms with van der Waals surface area (Å²) in [6, 6.07) is 1.87. The number of imidazole rings is 1. The van der Waals surface area contributed by atoms with Gasteiger partial charge >= 0.3 is 6.18 Å². The topological polar surface area (TPSA) is 79.9 Å². The van der Waals surface area contributed by atoms with Crippen LogP contribution in [0, 0.1) is 0 Å². The van der Waals surface area contributed by atoms with Gasteiger partial charge in [0.15, 0.2) is 17.4 Å². The first-order valence-electron chi connectivity index (χ1n) is 8.76. The Labute approximate surface area is 186 Å². The van der Waals surface area contributed by atoms with Crippen LogP contribution in [0.2, 0.25) is 5.02 Å². The molecule has 0 aliphatic rings. The van der Waals surface area contributed by atoms with Crippen molar-refractivity contribution < 1.29 is 35.1 Å². The van der Waals surface area contributed by atoms with E-state index in [1.807, 2.05) is 0 Å². The third-order valence-electron chi connectivity index (χ3n) is 3.73. The lowest BCUT2D eigenvalue weighted by molar-refractivity contribution is -0.137. The van der Waals surface area contributed by atoms with Gasteiger partial charge < -0.3 is 8.92 Å². The summed E-state index contributed by atoms with van der Waals surface area (Å²) >= 11 is 6.39. The minimum Gasteiger partial charge on any atom is -0.484 e. The van der Waals surface area contributed by atoms with E-state index < -0.39 is 40.6 Å². The van der Waals surface area contributed by atoms with Gasteiger partial charge in [0.2, 0.25) is 18.1 Å². The first-order chi connectivity index (χ1) is 14.9. The molecule has 3 rings (SSSR count). The fourth-order valence-electron chi connectivity index (χ4n) is 2.37. The molecule has 0 aromatic carbocycles. The molecule has 0 saturated carbocycles. The van der Waals surface area contributed by atoms with Gasteiger partial charge in [-0.1, -0.05) is 11.6 Å². The summed E-state index contributed by atoms with van der Waals surface area (Å²) in [5.74, 6) is -4.21. The van der Waals surface area contributed by atoms with Crippen molar-refractivity contribution in [2.75, 3.05) is 13.2 Å². The van der Waals surface area contributed by atoms with E-state index in [2.05, 4.69) is 10.1 Å². The maximum atomic E-state index is 13.1. The molecule has 0 radical (unpaired) electrons. The Morgan fingerprint density at radius 2 is 1.94 bits per heavy atom. The molecule has 0 spiro atoms. The van der Waals surface area contributed by atoms with Crippen molar-refractivity contribution in [2.45, 2.75) is 25.9 Å². The highest BCUT2D eigenvalue weighted by atomic mass is 35.5. The number of fused-ring (bicyclic) bond motifs is 1. The van der Waals surface area contributed by atoms with Gasteiger partial charge in [0.05, 0.1) is 18.4 Å². The van der Waals surface area contributed by atoms with E-state index in [9.17, 15) is 26.7 Å². The van der Waals surface area contributed by atoms with Gasteiger partial charge in [-0.25, -0.2) is 13.8 Å². The van der Waals surface area contributed by atoms with Gasteiger partial charge in [-0.2, -0.15) is 23.0 Å². The van der Waals surface area contributed by atoms with E-state index in [1.165, 1.54) is 0 Å². The van der Waals surface area contributed by atoms with Crippen LogP contribution in [0.25, 0.3) is 11.5 Å². The maximum Gasteiger partial charge on any atom is 0.417 e. The highest BCUT2D eigenvalue weighted by Crippen LogP contribution is 2.33. The number of ether oxygens (including phenoxy) is 1. The number of alkyl halides is 5. The highest BCUT2D eigenvalue weighted by Gasteiger charge is 2.32. The van der Waals surface area contributed by atoms with Crippen molar-refractivity contribution in [2.24, 2.45) is 0 Å². The fourth-order valence-corrected chi connectivity index (χ4v) is 2.92. The first kappa shape index (κ1) is 24.1. The summed E-state index contributed by atoms with van der Waals surface area (Å²) in [5, 5.41) is 3.20. The summed E-state index contributed by atoms with van der Waals surface area (Å²) in [6.07, 6.45) is -3.02. The quantitative estimate of drug-likeness (QED) is 0.255. The molecule has 32 heavy (non-hydrogen) atoms. The van der Waals surface area contributed by atoms with E-state index in [-0.39, 0.29) is 24.0 Å². The predicted molar refractivity (Wildman–Crippen MR) is 105 cm³/mol. The van der Waals surface area contributed by atoms with Crippen molar-refractivity contribution in [1.82, 2.24) is 19.2 Å². The second-order valence-corrected chi connectivity index (χ2v) is 7.26. The Balaban J connectivity index is 2.11. The average molecular weight is 501 g/mol. The third-order valence-corrected chi connectivity index (χ3v) is 4.64. The molecular weight excluding hydrogens is 487 g/mol. The molecule has 3 aromatic heterocycles. The molecule has 0 atom stereocenters. The SMILES string of the molecule is CCOSOc1c(-n2ncc(OCC(C)(F)F)c(Cl)c2=O)nc2ccc(C(F)(F)F)cn12. The van der Waals surface area contributed by atoms with Gasteiger partial charge in [0.25, 0.3) is 17.4 Å². The molecule has 0 aliphatic carbocycles. The Kier molecular flexibility index (Phi) is 6.86. The van der Waals surface area contributed by atoms with Crippen LogP contribution in [0.3, 0.4) is 0 Å². The zero-order valence-corrected chi connectivity index (χ0v) is 17.9. The second kappa shape index (κ2) is 9.11. The Morgan fingerprint density at radius 1 is 1.22 bits per heavy atom. The molecule has 0 amide bonds. The number of pyridine rings is 1. The molecule has 15 heteroatoms. The van der Waals surface area contributed by atoms with Crippen LogP contribution in [0.15, 0.2) is 29.3 Å². The number of aromatic nitrogens is 4. The summed E-state index contributed by atoms with van der Waals surface area (Å²) in [4.78, 5) is 16.8. The molecule has 0 unspecified atom stereocenters. The van der Waals surface area contributed by atoms with E-state index in [4.69, 9.17) is 24.7 Å². The number of hydrogen-bond donors (Lipinski definition) is 0. The summed E-state index contributed by atoms with van der Waals surface area (Å²) < 4.78 is 82.2. The van der Waals surface area contributed by atoms with Gasteiger partial charge in [-0.15, -0.1) is 0 Å². The first-order valence-corrected chi connectivity index (χ1v) is 9.81. The number of nitrogens with zero attached hydrogens (tertiary/aromatic N) is 4. The van der Waals surface area contributed by atoms with Crippen molar-refractivity contribution >= 4 is 29.6 Å². The zero-order chi connectivity index (χ0) is 23.7. The molecule has 3 aromatic rings. The van der Waals surface area contributed by atoms with Gasteiger partial charge in [-0.3, -0.25) is 13.4 Å². The van der Waals surface area contributed by atoms with Crippen LogP contribution in [0.1, 0.15) is 19.4 Å². The monoisotopic (exact) mass is 500 g/mol. The normalized spacial score (nSPS) is 12.4. The Bertz CT molecular complexity index is 1180.